The van der Waals surface area contributed by atoms with Crippen LogP contribution in [0, 0.1) is 23.2 Å². The van der Waals surface area contributed by atoms with Crippen LogP contribution in [0.15, 0.2) is 0 Å². The van der Waals surface area contributed by atoms with Gasteiger partial charge in [0.2, 0.25) is 27.6 Å². The molecule has 45 heavy (non-hydrogen) atoms. The van der Waals surface area contributed by atoms with Crippen LogP contribution in [-0.2, 0) is 29.2 Å². The van der Waals surface area contributed by atoms with Crippen LogP contribution in [-0.4, -0.2) is 85.9 Å². The smallest absolute Gasteiger partial charge is 0.315 e. The Labute approximate surface area is 268 Å². The van der Waals surface area contributed by atoms with Gasteiger partial charge in [-0.05, 0) is 48.9 Å². The number of likely N-dealkylation sites (tertiary alicyclic amines) is 1. The minimum absolute atomic E-state index is 0.0355. The van der Waals surface area contributed by atoms with Crippen molar-refractivity contribution in [3.8, 4) is 0 Å². The van der Waals surface area contributed by atoms with Gasteiger partial charge in [-0.3, -0.25) is 19.2 Å². The number of hydrogen-bond acceptors (Lipinski definition) is 7. The van der Waals surface area contributed by atoms with E-state index in [0.29, 0.717) is 25.7 Å². The van der Waals surface area contributed by atoms with E-state index in [0.717, 1.165) is 44.8 Å². The quantitative estimate of drug-likeness (QED) is 0.186. The maximum Gasteiger partial charge on any atom is 0.315 e. The molecule has 3 fully saturated rings. The first-order valence-electron chi connectivity index (χ1n) is 16.3. The van der Waals surface area contributed by atoms with Gasteiger partial charge >= 0.3 is 6.03 Å². The van der Waals surface area contributed by atoms with Gasteiger partial charge in [-0.1, -0.05) is 73.1 Å². The minimum atomic E-state index is -3.49. The summed E-state index contributed by atoms with van der Waals surface area (Å²) >= 11 is 0. The second-order valence-corrected chi connectivity index (χ2v) is 16.7. The number of primary amides is 1. The van der Waals surface area contributed by atoms with E-state index < -0.39 is 68.6 Å². The second kappa shape index (κ2) is 14.8. The fourth-order valence-corrected chi connectivity index (χ4v) is 7.42. The fourth-order valence-electron chi connectivity index (χ4n) is 6.89. The number of rotatable bonds is 13. The molecule has 0 aromatic heterocycles. The van der Waals surface area contributed by atoms with E-state index in [1.54, 1.807) is 0 Å². The largest absolute Gasteiger partial charge is 0.363 e. The molecule has 2 aliphatic carbocycles. The van der Waals surface area contributed by atoms with Crippen LogP contribution in [0.25, 0.3) is 0 Å². The summed E-state index contributed by atoms with van der Waals surface area (Å²) in [6, 6.07) is -3.56. The summed E-state index contributed by atoms with van der Waals surface area (Å²) in [5.41, 5.74) is 3.78. The van der Waals surface area contributed by atoms with Gasteiger partial charge < -0.3 is 26.6 Å². The van der Waals surface area contributed by atoms with Crippen molar-refractivity contribution in [2.75, 3.05) is 19.3 Å². The Morgan fingerprint density at radius 3 is 2.07 bits per heavy atom. The van der Waals surface area contributed by atoms with Crippen molar-refractivity contribution in [2.24, 2.45) is 28.9 Å². The standard InChI is InChI=1S/C31H54N6O7S/c1-19(2)21-13-16-37(23(21)27(40)34-22(24(38)26(32)39)17-20-11-10-12-20)28(41)25(30(3,4)5)35-29(42)36-31(14-8-7-9-15-31)18-33-45(6,43)44/h19-23,25,33H,7-18H2,1-6H3,(H2,32,39)(H,34,40)(H2,35,36,42)/t21-,22?,23+,25-/m1/s1. The zero-order valence-corrected chi connectivity index (χ0v) is 28.6. The summed E-state index contributed by atoms with van der Waals surface area (Å²) in [5.74, 6) is -2.84. The number of carbonyl (C=O) groups is 5. The van der Waals surface area contributed by atoms with Crippen LogP contribution in [0.1, 0.15) is 98.8 Å². The maximum atomic E-state index is 14.3. The predicted octanol–water partition coefficient (Wildman–Crippen LogP) is 1.55. The van der Waals surface area contributed by atoms with Crippen molar-refractivity contribution in [1.29, 1.82) is 0 Å². The molecule has 4 atom stereocenters. The van der Waals surface area contributed by atoms with Crippen LogP contribution >= 0.6 is 0 Å². The third-order valence-electron chi connectivity index (χ3n) is 9.77. The number of ketones is 1. The molecule has 5 amide bonds. The van der Waals surface area contributed by atoms with Gasteiger partial charge in [0.1, 0.15) is 12.1 Å². The molecule has 1 saturated heterocycles. The van der Waals surface area contributed by atoms with Crippen LogP contribution in [0.3, 0.4) is 0 Å². The highest BCUT2D eigenvalue weighted by atomic mass is 32.2. The molecular formula is C31H54N6O7S. The molecular weight excluding hydrogens is 600 g/mol. The number of sulfonamides is 1. The van der Waals surface area contributed by atoms with E-state index in [-0.39, 0.29) is 30.8 Å². The van der Waals surface area contributed by atoms with Gasteiger partial charge in [0.05, 0.1) is 17.8 Å². The number of carbonyl (C=O) groups excluding carboxylic acids is 5. The lowest BCUT2D eigenvalue weighted by atomic mass is 9.80. The van der Waals surface area contributed by atoms with Crippen LogP contribution < -0.4 is 26.4 Å². The normalized spacial score (nSPS) is 23.5. The first-order valence-corrected chi connectivity index (χ1v) is 18.2. The summed E-state index contributed by atoms with van der Waals surface area (Å²) < 4.78 is 26.2. The van der Waals surface area contributed by atoms with E-state index in [1.165, 1.54) is 4.90 Å². The van der Waals surface area contributed by atoms with Gasteiger partial charge in [-0.2, -0.15) is 0 Å². The molecule has 0 spiro atoms. The maximum absolute atomic E-state index is 14.3. The number of urea groups is 1. The molecule has 3 aliphatic rings. The van der Waals surface area contributed by atoms with Crippen LogP contribution in [0.5, 0.6) is 0 Å². The Morgan fingerprint density at radius 1 is 0.956 bits per heavy atom. The van der Waals surface area contributed by atoms with Crippen LogP contribution in [0.2, 0.25) is 0 Å². The van der Waals surface area contributed by atoms with Crippen molar-refractivity contribution in [1.82, 2.24) is 25.6 Å². The molecule has 0 radical (unpaired) electrons. The number of nitrogens with two attached hydrogens (primary N) is 1. The molecule has 14 heteroatoms. The number of Topliss-reactive ketones (excluding diaryl/α,β-unsaturated/α-hetero) is 1. The van der Waals surface area contributed by atoms with Crippen molar-refractivity contribution < 1.29 is 32.4 Å². The third-order valence-corrected chi connectivity index (χ3v) is 10.4. The first-order chi connectivity index (χ1) is 20.8. The zero-order valence-electron chi connectivity index (χ0n) is 27.7. The Morgan fingerprint density at radius 2 is 1.58 bits per heavy atom. The highest BCUT2D eigenvalue weighted by Crippen LogP contribution is 2.35. The highest BCUT2D eigenvalue weighted by Gasteiger charge is 2.48. The minimum Gasteiger partial charge on any atom is -0.363 e. The molecule has 1 unspecified atom stereocenters. The number of hydrogen-bond donors (Lipinski definition) is 5. The molecule has 2 saturated carbocycles. The number of amides is 5. The van der Waals surface area contributed by atoms with E-state index in [1.807, 2.05) is 34.6 Å². The molecule has 0 aromatic carbocycles. The number of nitrogens with zero attached hydrogens (tertiary/aromatic N) is 1. The first kappa shape index (κ1) is 36.7. The lowest BCUT2D eigenvalue weighted by Crippen LogP contribution is -2.64. The predicted molar refractivity (Wildman–Crippen MR) is 170 cm³/mol. The Kier molecular flexibility index (Phi) is 12.1. The van der Waals surface area contributed by atoms with E-state index in [9.17, 15) is 32.4 Å². The number of nitrogens with one attached hydrogen (secondary N) is 4. The van der Waals surface area contributed by atoms with Gasteiger partial charge in [-0.25, -0.2) is 17.9 Å². The van der Waals surface area contributed by atoms with Gasteiger partial charge in [-0.15, -0.1) is 0 Å². The van der Waals surface area contributed by atoms with Crippen molar-refractivity contribution in [3.63, 3.8) is 0 Å². The summed E-state index contributed by atoms with van der Waals surface area (Å²) in [6.07, 6.45) is 8.62. The Bertz CT molecular complexity index is 1220. The zero-order chi connectivity index (χ0) is 33.7. The fraction of sp³-hybridized carbons (Fsp3) is 0.839. The summed E-state index contributed by atoms with van der Waals surface area (Å²) in [6.45, 7) is 9.74. The monoisotopic (exact) mass is 654 g/mol. The molecule has 13 nitrogen and oxygen atoms in total. The molecule has 1 heterocycles. The average molecular weight is 655 g/mol. The molecule has 3 rings (SSSR count). The average Bonchev–Trinajstić information content (AvgIpc) is 3.36. The van der Waals surface area contributed by atoms with Crippen molar-refractivity contribution in [2.45, 2.75) is 122 Å². The summed E-state index contributed by atoms with van der Waals surface area (Å²) in [5, 5.41) is 8.61. The van der Waals surface area contributed by atoms with Gasteiger partial charge in [0.25, 0.3) is 5.91 Å². The lowest BCUT2D eigenvalue weighted by Gasteiger charge is -2.40. The van der Waals surface area contributed by atoms with E-state index in [2.05, 4.69) is 20.7 Å². The molecule has 256 valence electrons. The SMILES string of the molecule is CC(C)[C@H]1CCN(C(=O)[C@@H](NC(=O)NC2(CNS(C)(=O)=O)CCCCC2)C(C)(C)C)[C@@H]1C(=O)NC(CC1CCC1)C(=O)C(N)=O. The van der Waals surface area contributed by atoms with Crippen molar-refractivity contribution in [3.05, 3.63) is 0 Å². The third kappa shape index (κ3) is 9.87. The Balaban J connectivity index is 1.83. The molecule has 0 aromatic rings. The van der Waals surface area contributed by atoms with E-state index in [4.69, 9.17) is 5.73 Å². The summed E-state index contributed by atoms with van der Waals surface area (Å²) in [7, 11) is -3.49. The highest BCUT2D eigenvalue weighted by molar-refractivity contribution is 7.88. The van der Waals surface area contributed by atoms with Gasteiger partial charge in [0.15, 0.2) is 0 Å². The van der Waals surface area contributed by atoms with Gasteiger partial charge in [0, 0.05) is 13.1 Å². The molecule has 6 N–H and O–H groups in total. The summed E-state index contributed by atoms with van der Waals surface area (Å²) in [4.78, 5) is 67.6. The van der Waals surface area contributed by atoms with Crippen LogP contribution in [0.4, 0.5) is 4.79 Å². The van der Waals surface area contributed by atoms with E-state index >= 15 is 0 Å². The molecule has 0 bridgehead atoms. The Hall–Kier alpha value is -2.74. The molecule has 1 aliphatic heterocycles. The van der Waals surface area contributed by atoms with Crippen molar-refractivity contribution >= 4 is 39.6 Å². The lowest BCUT2D eigenvalue weighted by molar-refractivity contribution is -0.144. The topological polar surface area (TPSA) is 197 Å². The second-order valence-electron chi connectivity index (χ2n) is 14.8.